The van der Waals surface area contributed by atoms with Gasteiger partial charge in [0, 0.05) is 11.9 Å². The van der Waals surface area contributed by atoms with Crippen molar-refractivity contribution >= 4 is 26.7 Å². The van der Waals surface area contributed by atoms with E-state index in [2.05, 4.69) is 21.0 Å². The SMILES string of the molecule is COc1cc2c(=O)n(CCCCBr)ncc2c(OC)c1OC. The van der Waals surface area contributed by atoms with Crippen LogP contribution in [0.15, 0.2) is 17.1 Å². The van der Waals surface area contributed by atoms with Crippen LogP contribution in [0.2, 0.25) is 0 Å². The summed E-state index contributed by atoms with van der Waals surface area (Å²) >= 11 is 3.38. The minimum absolute atomic E-state index is 0.161. The first kappa shape index (κ1) is 16.6. The molecule has 6 nitrogen and oxygen atoms in total. The van der Waals surface area contributed by atoms with Crippen LogP contribution >= 0.6 is 15.9 Å². The zero-order chi connectivity index (χ0) is 16.1. The van der Waals surface area contributed by atoms with Crippen LogP contribution < -0.4 is 19.8 Å². The van der Waals surface area contributed by atoms with Crippen molar-refractivity contribution in [2.75, 3.05) is 26.7 Å². The second-order valence-electron chi connectivity index (χ2n) is 4.68. The van der Waals surface area contributed by atoms with Gasteiger partial charge >= 0.3 is 0 Å². The van der Waals surface area contributed by atoms with Gasteiger partial charge in [0.05, 0.1) is 38.3 Å². The van der Waals surface area contributed by atoms with Gasteiger partial charge < -0.3 is 14.2 Å². The highest BCUT2D eigenvalue weighted by Gasteiger charge is 2.18. The summed E-state index contributed by atoms with van der Waals surface area (Å²) < 4.78 is 17.5. The molecule has 0 amide bonds. The van der Waals surface area contributed by atoms with Crippen molar-refractivity contribution in [1.82, 2.24) is 9.78 Å². The first-order chi connectivity index (χ1) is 10.7. The van der Waals surface area contributed by atoms with Crippen molar-refractivity contribution in [2.45, 2.75) is 19.4 Å². The minimum Gasteiger partial charge on any atom is -0.493 e. The second kappa shape index (κ2) is 7.49. The number of halogens is 1. The van der Waals surface area contributed by atoms with Crippen LogP contribution in [0.1, 0.15) is 12.8 Å². The molecule has 2 rings (SSSR count). The van der Waals surface area contributed by atoms with Gasteiger partial charge in [-0.05, 0) is 18.9 Å². The van der Waals surface area contributed by atoms with Crippen LogP contribution in [0, 0.1) is 0 Å². The maximum absolute atomic E-state index is 12.6. The molecule has 1 heterocycles. The molecule has 0 radical (unpaired) electrons. The first-order valence-electron chi connectivity index (χ1n) is 6.92. The number of rotatable bonds is 7. The highest BCUT2D eigenvalue weighted by Crippen LogP contribution is 2.41. The second-order valence-corrected chi connectivity index (χ2v) is 5.47. The Morgan fingerprint density at radius 1 is 1.09 bits per heavy atom. The quantitative estimate of drug-likeness (QED) is 0.553. The van der Waals surface area contributed by atoms with E-state index in [1.165, 1.54) is 26.0 Å². The van der Waals surface area contributed by atoms with E-state index in [1.54, 1.807) is 12.3 Å². The number of benzene rings is 1. The van der Waals surface area contributed by atoms with Crippen LogP contribution in [-0.4, -0.2) is 36.4 Å². The number of methoxy groups -OCH3 is 3. The zero-order valence-electron chi connectivity index (χ0n) is 12.9. The third-order valence-electron chi connectivity index (χ3n) is 3.41. The van der Waals surface area contributed by atoms with Crippen LogP contribution in [-0.2, 0) is 6.54 Å². The lowest BCUT2D eigenvalue weighted by atomic mass is 10.1. The molecule has 22 heavy (non-hydrogen) atoms. The van der Waals surface area contributed by atoms with Crippen LogP contribution in [0.5, 0.6) is 17.2 Å². The summed E-state index contributed by atoms with van der Waals surface area (Å²) in [5.41, 5.74) is -0.161. The molecule has 0 atom stereocenters. The van der Waals surface area contributed by atoms with Gasteiger partial charge in [-0.15, -0.1) is 0 Å². The summed E-state index contributed by atoms with van der Waals surface area (Å²) in [7, 11) is 4.58. The van der Waals surface area contributed by atoms with E-state index in [9.17, 15) is 4.79 Å². The highest BCUT2D eigenvalue weighted by atomic mass is 79.9. The van der Waals surface area contributed by atoms with Crippen molar-refractivity contribution in [3.63, 3.8) is 0 Å². The molecule has 0 bridgehead atoms. The molecule has 0 N–H and O–H groups in total. The van der Waals surface area contributed by atoms with E-state index >= 15 is 0 Å². The van der Waals surface area contributed by atoms with Gasteiger partial charge in [-0.25, -0.2) is 4.68 Å². The number of hydrogen-bond acceptors (Lipinski definition) is 5. The van der Waals surface area contributed by atoms with Crippen molar-refractivity contribution in [1.29, 1.82) is 0 Å². The Morgan fingerprint density at radius 3 is 2.41 bits per heavy atom. The number of unbranched alkanes of at least 4 members (excludes halogenated alkanes) is 1. The Kier molecular flexibility index (Phi) is 5.65. The Labute approximate surface area is 137 Å². The van der Waals surface area contributed by atoms with E-state index in [0.29, 0.717) is 34.6 Å². The number of aromatic nitrogens is 2. The average molecular weight is 371 g/mol. The normalized spacial score (nSPS) is 10.7. The summed E-state index contributed by atoms with van der Waals surface area (Å²) in [6.45, 7) is 0.580. The van der Waals surface area contributed by atoms with Gasteiger partial charge in [0.2, 0.25) is 5.75 Å². The van der Waals surface area contributed by atoms with Crippen molar-refractivity contribution in [3.8, 4) is 17.2 Å². The number of fused-ring (bicyclic) bond motifs is 1. The van der Waals surface area contributed by atoms with Crippen molar-refractivity contribution in [3.05, 3.63) is 22.6 Å². The third kappa shape index (κ3) is 3.04. The average Bonchev–Trinajstić information content (AvgIpc) is 2.55. The van der Waals surface area contributed by atoms with Gasteiger partial charge in [0.25, 0.3) is 5.56 Å². The highest BCUT2D eigenvalue weighted by molar-refractivity contribution is 9.09. The van der Waals surface area contributed by atoms with E-state index in [1.807, 2.05) is 0 Å². The monoisotopic (exact) mass is 370 g/mol. The Balaban J connectivity index is 2.61. The van der Waals surface area contributed by atoms with Gasteiger partial charge in [-0.2, -0.15) is 5.10 Å². The lowest BCUT2D eigenvalue weighted by molar-refractivity contribution is 0.327. The van der Waals surface area contributed by atoms with E-state index in [-0.39, 0.29) is 5.56 Å². The molecule has 0 spiro atoms. The third-order valence-corrected chi connectivity index (χ3v) is 3.97. The predicted octanol–water partition coefficient (Wildman–Crippen LogP) is 2.60. The molecule has 1 aromatic carbocycles. The molecule has 0 aliphatic heterocycles. The standard InChI is InChI=1S/C15H19BrN2O4/c1-20-12-8-10-11(13(21-2)14(12)22-3)9-17-18(15(10)19)7-5-4-6-16/h8-9H,4-7H2,1-3H3. The Hall–Kier alpha value is -1.76. The van der Waals surface area contributed by atoms with Crippen molar-refractivity contribution < 1.29 is 14.2 Å². The van der Waals surface area contributed by atoms with Crippen LogP contribution in [0.25, 0.3) is 10.8 Å². The predicted molar refractivity (Wildman–Crippen MR) is 88.7 cm³/mol. The molecule has 120 valence electrons. The van der Waals surface area contributed by atoms with Gasteiger partial charge in [-0.3, -0.25) is 4.79 Å². The van der Waals surface area contributed by atoms with E-state index < -0.39 is 0 Å². The number of hydrogen-bond donors (Lipinski definition) is 0. The molecule has 1 aromatic heterocycles. The summed E-state index contributed by atoms with van der Waals surface area (Å²) in [5, 5.41) is 6.26. The van der Waals surface area contributed by atoms with Gasteiger partial charge in [-0.1, -0.05) is 15.9 Å². The fourth-order valence-electron chi connectivity index (χ4n) is 2.32. The Bertz CT molecular complexity index is 715. The molecule has 0 saturated heterocycles. The summed E-state index contributed by atoms with van der Waals surface area (Å²) in [6.07, 6.45) is 3.50. The number of nitrogens with zero attached hydrogens (tertiary/aromatic N) is 2. The van der Waals surface area contributed by atoms with Crippen LogP contribution in [0.3, 0.4) is 0 Å². The topological polar surface area (TPSA) is 62.6 Å². The first-order valence-corrected chi connectivity index (χ1v) is 8.04. The smallest absolute Gasteiger partial charge is 0.274 e. The Morgan fingerprint density at radius 2 is 1.82 bits per heavy atom. The van der Waals surface area contributed by atoms with Crippen LogP contribution in [0.4, 0.5) is 0 Å². The maximum atomic E-state index is 12.6. The number of ether oxygens (including phenoxy) is 3. The van der Waals surface area contributed by atoms with E-state index in [4.69, 9.17) is 14.2 Å². The zero-order valence-corrected chi connectivity index (χ0v) is 14.5. The molecule has 0 unspecified atom stereocenters. The fourth-order valence-corrected chi connectivity index (χ4v) is 2.71. The van der Waals surface area contributed by atoms with Gasteiger partial charge in [0.15, 0.2) is 11.5 Å². The summed E-state index contributed by atoms with van der Waals surface area (Å²) in [5.74, 6) is 1.37. The number of alkyl halides is 1. The number of aryl methyl sites for hydroxylation is 1. The molecular formula is C15H19BrN2O4. The molecule has 2 aromatic rings. The lowest BCUT2D eigenvalue weighted by Crippen LogP contribution is -2.23. The van der Waals surface area contributed by atoms with Gasteiger partial charge in [0.1, 0.15) is 0 Å². The van der Waals surface area contributed by atoms with E-state index in [0.717, 1.165) is 18.2 Å². The minimum atomic E-state index is -0.161. The molecule has 0 aliphatic rings. The molecular weight excluding hydrogens is 352 g/mol. The largest absolute Gasteiger partial charge is 0.493 e. The maximum Gasteiger partial charge on any atom is 0.274 e. The summed E-state index contributed by atoms with van der Waals surface area (Å²) in [6, 6.07) is 1.67. The lowest BCUT2D eigenvalue weighted by Gasteiger charge is -2.15. The molecule has 7 heteroatoms. The molecule has 0 aliphatic carbocycles. The molecule has 0 saturated carbocycles. The summed E-state index contributed by atoms with van der Waals surface area (Å²) in [4.78, 5) is 12.6. The molecule has 0 fully saturated rings. The fraction of sp³-hybridized carbons (Fsp3) is 0.467. The van der Waals surface area contributed by atoms with Crippen molar-refractivity contribution in [2.24, 2.45) is 0 Å².